The summed E-state index contributed by atoms with van der Waals surface area (Å²) in [6.45, 7) is 14.2. The lowest BCUT2D eigenvalue weighted by molar-refractivity contribution is 0.119. The van der Waals surface area contributed by atoms with Gasteiger partial charge in [0, 0.05) is 56.9 Å². The number of aromatic nitrogens is 1. The monoisotopic (exact) mass is 283 g/mol. The summed E-state index contributed by atoms with van der Waals surface area (Å²) in [6, 6.07) is 0. The van der Waals surface area contributed by atoms with Crippen LogP contribution in [0.25, 0.3) is 0 Å². The lowest BCUT2D eigenvalue weighted by atomic mass is 10.2. The molecule has 0 aromatic carbocycles. The Morgan fingerprint density at radius 2 is 1.79 bits per heavy atom. The van der Waals surface area contributed by atoms with Gasteiger partial charge >= 0.3 is 4.87 Å². The zero-order valence-corrected chi connectivity index (χ0v) is 13.1. The first kappa shape index (κ1) is 14.8. The zero-order chi connectivity index (χ0) is 13.8. The normalized spacial score (nSPS) is 18.3. The van der Waals surface area contributed by atoms with Crippen LogP contribution in [-0.4, -0.2) is 53.6 Å². The van der Waals surface area contributed by atoms with E-state index in [1.807, 2.05) is 16.9 Å². The van der Waals surface area contributed by atoms with Crippen LogP contribution >= 0.6 is 11.3 Å². The van der Waals surface area contributed by atoms with Crippen molar-refractivity contribution in [2.45, 2.75) is 27.3 Å². The van der Waals surface area contributed by atoms with Crippen LogP contribution < -0.4 is 4.87 Å². The lowest BCUT2D eigenvalue weighted by Crippen LogP contribution is -2.48. The number of piperazine rings is 1. The smallest absolute Gasteiger partial charge is 0.302 e. The molecule has 19 heavy (non-hydrogen) atoms. The molecule has 0 saturated carbocycles. The van der Waals surface area contributed by atoms with Crippen molar-refractivity contribution in [1.82, 2.24) is 14.4 Å². The van der Waals surface area contributed by atoms with Gasteiger partial charge in [-0.1, -0.05) is 25.2 Å². The molecule has 2 rings (SSSR count). The molecule has 1 aromatic rings. The van der Waals surface area contributed by atoms with Crippen LogP contribution in [0.4, 0.5) is 0 Å². The fourth-order valence-electron chi connectivity index (χ4n) is 2.63. The van der Waals surface area contributed by atoms with Gasteiger partial charge in [-0.05, 0) is 12.8 Å². The first-order chi connectivity index (χ1) is 9.06. The van der Waals surface area contributed by atoms with E-state index in [0.717, 1.165) is 50.9 Å². The van der Waals surface area contributed by atoms with Gasteiger partial charge in [-0.2, -0.15) is 0 Å². The lowest BCUT2D eigenvalue weighted by Gasteiger charge is -2.35. The highest BCUT2D eigenvalue weighted by Gasteiger charge is 2.17. The first-order valence-electron chi connectivity index (χ1n) is 7.16. The van der Waals surface area contributed by atoms with Crippen molar-refractivity contribution in [3.8, 4) is 0 Å². The van der Waals surface area contributed by atoms with Crippen molar-refractivity contribution in [2.75, 3.05) is 39.3 Å². The molecule has 5 heteroatoms. The number of nitrogens with zero attached hydrogens (tertiary/aromatic N) is 3. The Balaban J connectivity index is 1.76. The van der Waals surface area contributed by atoms with Crippen LogP contribution in [0.3, 0.4) is 0 Å². The summed E-state index contributed by atoms with van der Waals surface area (Å²) in [5.41, 5.74) is 1.09. The van der Waals surface area contributed by atoms with E-state index in [1.165, 1.54) is 17.9 Å². The van der Waals surface area contributed by atoms with Gasteiger partial charge in [0.25, 0.3) is 0 Å². The molecule has 0 bridgehead atoms. The Hall–Kier alpha value is -0.650. The molecule has 0 unspecified atom stereocenters. The minimum Gasteiger partial charge on any atom is -0.302 e. The molecule has 1 aliphatic heterocycles. The minimum atomic E-state index is 0.177. The molecule has 1 aliphatic rings. The molecular formula is C14H25N3OS. The summed E-state index contributed by atoms with van der Waals surface area (Å²) in [7, 11) is 0. The van der Waals surface area contributed by atoms with E-state index in [-0.39, 0.29) is 4.87 Å². The summed E-state index contributed by atoms with van der Waals surface area (Å²) >= 11 is 1.31. The molecule has 1 saturated heterocycles. The number of thiazole rings is 1. The van der Waals surface area contributed by atoms with E-state index < -0.39 is 0 Å². The van der Waals surface area contributed by atoms with Gasteiger partial charge in [0.05, 0.1) is 0 Å². The van der Waals surface area contributed by atoms with Crippen molar-refractivity contribution in [3.63, 3.8) is 0 Å². The first-order valence-corrected chi connectivity index (χ1v) is 8.04. The second-order valence-electron chi connectivity index (χ2n) is 5.83. The number of rotatable bonds is 5. The third-order valence-electron chi connectivity index (χ3n) is 3.70. The van der Waals surface area contributed by atoms with Crippen molar-refractivity contribution < 1.29 is 0 Å². The van der Waals surface area contributed by atoms with Crippen LogP contribution in [0.15, 0.2) is 10.2 Å². The highest BCUT2D eigenvalue weighted by molar-refractivity contribution is 7.07. The van der Waals surface area contributed by atoms with Gasteiger partial charge in [-0.15, -0.1) is 0 Å². The van der Waals surface area contributed by atoms with Gasteiger partial charge in [0.15, 0.2) is 0 Å². The number of hydrogen-bond acceptors (Lipinski definition) is 4. The summed E-state index contributed by atoms with van der Waals surface area (Å²) < 4.78 is 1.89. The number of aryl methyl sites for hydroxylation is 1. The van der Waals surface area contributed by atoms with Gasteiger partial charge in [0.2, 0.25) is 0 Å². The summed E-state index contributed by atoms with van der Waals surface area (Å²) in [4.78, 5) is 16.8. The predicted molar refractivity (Wildman–Crippen MR) is 81.0 cm³/mol. The topological polar surface area (TPSA) is 28.5 Å². The van der Waals surface area contributed by atoms with Gasteiger partial charge in [0.1, 0.15) is 0 Å². The molecule has 0 aliphatic carbocycles. The van der Waals surface area contributed by atoms with Gasteiger partial charge < -0.3 is 9.47 Å². The molecule has 2 heterocycles. The second-order valence-corrected chi connectivity index (χ2v) is 6.65. The van der Waals surface area contributed by atoms with Crippen molar-refractivity contribution in [3.05, 3.63) is 20.7 Å². The highest BCUT2D eigenvalue weighted by Crippen LogP contribution is 2.06. The molecule has 0 radical (unpaired) electrons. The number of hydrogen-bond donors (Lipinski definition) is 0. The molecule has 1 fully saturated rings. The largest absolute Gasteiger partial charge is 0.307 e. The average Bonchev–Trinajstić information content (AvgIpc) is 2.68. The second kappa shape index (κ2) is 6.68. The highest BCUT2D eigenvalue weighted by atomic mass is 32.1. The molecule has 0 amide bonds. The summed E-state index contributed by atoms with van der Waals surface area (Å²) in [5, 5.41) is 1.95. The maximum Gasteiger partial charge on any atom is 0.307 e. The van der Waals surface area contributed by atoms with Crippen LogP contribution in [0.2, 0.25) is 0 Å². The van der Waals surface area contributed by atoms with E-state index in [1.54, 1.807) is 0 Å². The molecule has 0 atom stereocenters. The Labute approximate surface area is 119 Å². The molecule has 4 nitrogen and oxygen atoms in total. The molecule has 0 N–H and O–H groups in total. The minimum absolute atomic E-state index is 0.177. The van der Waals surface area contributed by atoms with E-state index >= 15 is 0 Å². The standard InChI is InChI=1S/C14H25N3OS/c1-12(2)10-16-6-4-15(5-7-16)8-9-17-13(3)11-19-14(17)18/h11-12H,4-10H2,1-3H3. The van der Waals surface area contributed by atoms with Crippen molar-refractivity contribution in [2.24, 2.45) is 5.92 Å². The van der Waals surface area contributed by atoms with Crippen molar-refractivity contribution in [1.29, 1.82) is 0 Å². The summed E-state index contributed by atoms with van der Waals surface area (Å²) in [5.74, 6) is 0.749. The van der Waals surface area contributed by atoms with Crippen LogP contribution in [0.5, 0.6) is 0 Å². The van der Waals surface area contributed by atoms with Crippen molar-refractivity contribution >= 4 is 11.3 Å². The third-order valence-corrected chi connectivity index (χ3v) is 4.59. The SMILES string of the molecule is Cc1csc(=O)n1CCN1CCN(CC(C)C)CC1. The van der Waals surface area contributed by atoms with E-state index in [2.05, 4.69) is 23.6 Å². The third kappa shape index (κ3) is 4.16. The van der Waals surface area contributed by atoms with Crippen LogP contribution in [0, 0.1) is 12.8 Å². The molecular weight excluding hydrogens is 258 g/mol. The quantitative estimate of drug-likeness (QED) is 0.820. The maximum atomic E-state index is 11.6. The molecule has 108 valence electrons. The Morgan fingerprint density at radius 3 is 2.32 bits per heavy atom. The Kier molecular flexibility index (Phi) is 5.19. The van der Waals surface area contributed by atoms with Gasteiger partial charge in [-0.3, -0.25) is 9.69 Å². The fraction of sp³-hybridized carbons (Fsp3) is 0.786. The average molecular weight is 283 g/mol. The Bertz CT molecular complexity index is 444. The molecule has 1 aromatic heterocycles. The Morgan fingerprint density at radius 1 is 1.16 bits per heavy atom. The summed E-state index contributed by atoms with van der Waals surface area (Å²) in [6.07, 6.45) is 0. The predicted octanol–water partition coefficient (Wildman–Crippen LogP) is 1.49. The van der Waals surface area contributed by atoms with Crippen LogP contribution in [-0.2, 0) is 6.54 Å². The van der Waals surface area contributed by atoms with E-state index in [0.29, 0.717) is 0 Å². The molecule has 0 spiro atoms. The zero-order valence-electron chi connectivity index (χ0n) is 12.3. The van der Waals surface area contributed by atoms with Gasteiger partial charge in [-0.25, -0.2) is 0 Å². The van der Waals surface area contributed by atoms with E-state index in [9.17, 15) is 4.79 Å². The fourth-order valence-corrected chi connectivity index (χ4v) is 3.39. The van der Waals surface area contributed by atoms with E-state index in [4.69, 9.17) is 0 Å². The van der Waals surface area contributed by atoms with Crippen LogP contribution in [0.1, 0.15) is 19.5 Å². The maximum absolute atomic E-state index is 11.6.